The molecule has 0 bridgehead atoms. The van der Waals surface area contributed by atoms with Gasteiger partial charge in [-0.2, -0.15) is 5.10 Å². The Kier molecular flexibility index (Phi) is 6.74. The van der Waals surface area contributed by atoms with Crippen molar-refractivity contribution >= 4 is 17.3 Å². The minimum atomic E-state index is 0.226. The molecule has 132 valence electrons. The minimum absolute atomic E-state index is 0.226. The second kappa shape index (κ2) is 8.79. The molecule has 0 saturated carbocycles. The van der Waals surface area contributed by atoms with Gasteiger partial charge in [0.15, 0.2) is 5.96 Å². The highest BCUT2D eigenvalue weighted by Gasteiger charge is 2.16. The number of hydrogen-bond acceptors (Lipinski definition) is 5. The SMILES string of the molecule is CCc1cnc(CNC(=NC)NCC(c2cnn(C)c2)N(C)C)s1. The minimum Gasteiger partial charge on any atom is -0.354 e. The number of rotatable bonds is 7. The topological polar surface area (TPSA) is 70.4 Å². The van der Waals surface area contributed by atoms with Crippen molar-refractivity contribution in [2.75, 3.05) is 27.7 Å². The lowest BCUT2D eigenvalue weighted by molar-refractivity contribution is 0.298. The molecule has 2 N–H and O–H groups in total. The van der Waals surface area contributed by atoms with Crippen LogP contribution in [0, 0.1) is 0 Å². The number of aryl methyl sites for hydroxylation is 2. The average molecular weight is 350 g/mol. The highest BCUT2D eigenvalue weighted by atomic mass is 32.1. The van der Waals surface area contributed by atoms with E-state index >= 15 is 0 Å². The van der Waals surface area contributed by atoms with Crippen LogP contribution in [0.15, 0.2) is 23.6 Å². The van der Waals surface area contributed by atoms with Crippen molar-refractivity contribution < 1.29 is 0 Å². The summed E-state index contributed by atoms with van der Waals surface area (Å²) in [6, 6.07) is 0.226. The molecule has 0 radical (unpaired) electrons. The normalized spacial score (nSPS) is 13.3. The molecule has 7 nitrogen and oxygen atoms in total. The molecule has 0 aliphatic heterocycles. The first-order chi connectivity index (χ1) is 11.5. The number of nitrogens with one attached hydrogen (secondary N) is 2. The molecule has 0 aliphatic rings. The molecule has 8 heteroatoms. The highest BCUT2D eigenvalue weighted by molar-refractivity contribution is 7.11. The Labute approximate surface area is 147 Å². The summed E-state index contributed by atoms with van der Waals surface area (Å²) < 4.78 is 1.83. The molecule has 2 aromatic heterocycles. The van der Waals surface area contributed by atoms with Gasteiger partial charge in [0.2, 0.25) is 0 Å². The Hall–Kier alpha value is -1.93. The fourth-order valence-electron chi connectivity index (χ4n) is 2.38. The third-order valence-electron chi connectivity index (χ3n) is 3.78. The molecule has 0 aromatic carbocycles. The third kappa shape index (κ3) is 5.04. The summed E-state index contributed by atoms with van der Waals surface area (Å²) in [6.07, 6.45) is 6.93. The number of aliphatic imine (C=N–C) groups is 1. The number of guanidine groups is 1. The first-order valence-corrected chi connectivity index (χ1v) is 8.88. The van der Waals surface area contributed by atoms with Crippen LogP contribution >= 0.6 is 11.3 Å². The van der Waals surface area contributed by atoms with E-state index in [1.807, 2.05) is 30.3 Å². The van der Waals surface area contributed by atoms with Crippen LogP contribution in [0.25, 0.3) is 0 Å². The Balaban J connectivity index is 1.89. The molecule has 24 heavy (non-hydrogen) atoms. The van der Waals surface area contributed by atoms with Crippen LogP contribution in [0.2, 0.25) is 0 Å². The lowest BCUT2D eigenvalue weighted by Crippen LogP contribution is -2.41. The van der Waals surface area contributed by atoms with Gasteiger partial charge in [-0.1, -0.05) is 6.92 Å². The Morgan fingerprint density at radius 1 is 1.38 bits per heavy atom. The van der Waals surface area contributed by atoms with Gasteiger partial charge in [0, 0.05) is 43.5 Å². The Morgan fingerprint density at radius 3 is 2.71 bits per heavy atom. The molecule has 2 heterocycles. The maximum Gasteiger partial charge on any atom is 0.191 e. The van der Waals surface area contributed by atoms with Crippen LogP contribution in [0.4, 0.5) is 0 Å². The molecule has 2 aromatic rings. The van der Waals surface area contributed by atoms with E-state index in [9.17, 15) is 0 Å². The first kappa shape index (κ1) is 18.4. The van der Waals surface area contributed by atoms with E-state index in [0.29, 0.717) is 6.54 Å². The van der Waals surface area contributed by atoms with Gasteiger partial charge >= 0.3 is 0 Å². The van der Waals surface area contributed by atoms with E-state index in [4.69, 9.17) is 0 Å². The van der Waals surface area contributed by atoms with Crippen molar-refractivity contribution in [2.24, 2.45) is 12.0 Å². The predicted molar refractivity (Wildman–Crippen MR) is 99.3 cm³/mol. The molecule has 0 saturated heterocycles. The van der Waals surface area contributed by atoms with Crippen LogP contribution in [0.5, 0.6) is 0 Å². The van der Waals surface area contributed by atoms with Crippen LogP contribution in [-0.2, 0) is 20.0 Å². The standard InChI is InChI=1S/C16H27N7S/c1-6-13-8-18-15(24-13)10-20-16(17-2)19-9-14(22(3)4)12-7-21-23(5)11-12/h7-8,11,14H,6,9-10H2,1-5H3,(H2,17,19,20). The smallest absolute Gasteiger partial charge is 0.191 e. The summed E-state index contributed by atoms with van der Waals surface area (Å²) in [4.78, 5) is 12.2. The highest BCUT2D eigenvalue weighted by Crippen LogP contribution is 2.16. The zero-order chi connectivity index (χ0) is 17.5. The molecule has 1 unspecified atom stereocenters. The number of hydrogen-bond donors (Lipinski definition) is 2. The van der Waals surface area contributed by atoms with E-state index in [1.54, 1.807) is 18.4 Å². The monoisotopic (exact) mass is 349 g/mol. The van der Waals surface area contributed by atoms with Gasteiger partial charge in [0.25, 0.3) is 0 Å². The van der Waals surface area contributed by atoms with Crippen molar-refractivity contribution in [3.8, 4) is 0 Å². The van der Waals surface area contributed by atoms with E-state index in [0.717, 1.165) is 23.9 Å². The molecule has 0 fully saturated rings. The average Bonchev–Trinajstić information content (AvgIpc) is 3.19. The molecule has 0 spiro atoms. The Morgan fingerprint density at radius 2 is 2.17 bits per heavy atom. The van der Waals surface area contributed by atoms with Crippen molar-refractivity contribution in [1.82, 2.24) is 30.3 Å². The molecule has 0 amide bonds. The fourth-order valence-corrected chi connectivity index (χ4v) is 3.18. The Bertz CT molecular complexity index is 659. The van der Waals surface area contributed by atoms with Crippen molar-refractivity contribution in [2.45, 2.75) is 25.9 Å². The van der Waals surface area contributed by atoms with Crippen molar-refractivity contribution in [1.29, 1.82) is 0 Å². The van der Waals surface area contributed by atoms with Gasteiger partial charge in [-0.05, 0) is 20.5 Å². The summed E-state index contributed by atoms with van der Waals surface area (Å²) in [6.45, 7) is 3.57. The fraction of sp³-hybridized carbons (Fsp3) is 0.562. The zero-order valence-corrected chi connectivity index (χ0v) is 15.9. The summed E-state index contributed by atoms with van der Waals surface area (Å²) >= 11 is 1.74. The molecular formula is C16H27N7S. The van der Waals surface area contributed by atoms with E-state index in [-0.39, 0.29) is 6.04 Å². The summed E-state index contributed by atoms with van der Waals surface area (Å²) in [5, 5.41) is 12.0. The maximum atomic E-state index is 4.42. The van der Waals surface area contributed by atoms with Crippen molar-refractivity contribution in [3.05, 3.63) is 34.0 Å². The van der Waals surface area contributed by atoms with Crippen molar-refractivity contribution in [3.63, 3.8) is 0 Å². The summed E-state index contributed by atoms with van der Waals surface area (Å²) in [5.41, 5.74) is 1.18. The van der Waals surface area contributed by atoms with E-state index < -0.39 is 0 Å². The lowest BCUT2D eigenvalue weighted by atomic mass is 10.1. The van der Waals surface area contributed by atoms with Gasteiger partial charge in [-0.25, -0.2) is 4.98 Å². The second-order valence-corrected chi connectivity index (χ2v) is 7.01. The van der Waals surface area contributed by atoms with Gasteiger partial charge in [0.1, 0.15) is 5.01 Å². The van der Waals surface area contributed by atoms with Gasteiger partial charge in [-0.3, -0.25) is 9.67 Å². The molecule has 1 atom stereocenters. The van der Waals surface area contributed by atoms with E-state index in [2.05, 4.69) is 51.6 Å². The third-order valence-corrected chi connectivity index (χ3v) is 4.92. The number of nitrogens with zero attached hydrogens (tertiary/aromatic N) is 5. The quantitative estimate of drug-likeness (QED) is 0.584. The lowest BCUT2D eigenvalue weighted by Gasteiger charge is -2.24. The molecular weight excluding hydrogens is 322 g/mol. The second-order valence-electron chi connectivity index (χ2n) is 5.81. The number of thiazole rings is 1. The molecule has 0 aliphatic carbocycles. The van der Waals surface area contributed by atoms with Gasteiger partial charge in [0.05, 0.1) is 18.8 Å². The maximum absolute atomic E-state index is 4.42. The summed E-state index contributed by atoms with van der Waals surface area (Å²) in [5.74, 6) is 0.777. The van der Waals surface area contributed by atoms with Gasteiger partial charge in [-0.15, -0.1) is 11.3 Å². The zero-order valence-electron chi connectivity index (χ0n) is 15.1. The van der Waals surface area contributed by atoms with Crippen LogP contribution in [0.1, 0.15) is 28.4 Å². The van der Waals surface area contributed by atoms with Crippen LogP contribution in [0.3, 0.4) is 0 Å². The largest absolute Gasteiger partial charge is 0.354 e. The van der Waals surface area contributed by atoms with E-state index in [1.165, 1.54) is 10.4 Å². The predicted octanol–water partition coefficient (Wildman–Crippen LogP) is 1.41. The van der Waals surface area contributed by atoms with Crippen LogP contribution < -0.4 is 10.6 Å². The van der Waals surface area contributed by atoms with Gasteiger partial charge < -0.3 is 15.5 Å². The number of aromatic nitrogens is 3. The molecule has 2 rings (SSSR count). The first-order valence-electron chi connectivity index (χ1n) is 8.06. The summed E-state index contributed by atoms with van der Waals surface area (Å²) in [7, 11) is 7.85. The van der Waals surface area contributed by atoms with Crippen LogP contribution in [-0.4, -0.2) is 53.3 Å². The number of likely N-dealkylation sites (N-methyl/N-ethyl adjacent to an activating group) is 1.